The van der Waals surface area contributed by atoms with Crippen molar-refractivity contribution in [1.82, 2.24) is 0 Å². The zero-order chi connectivity index (χ0) is 20.9. The zero-order valence-corrected chi connectivity index (χ0v) is 18.3. The van der Waals surface area contributed by atoms with E-state index in [0.717, 1.165) is 6.42 Å². The highest BCUT2D eigenvalue weighted by atomic mass is 31.1. The molecule has 0 heterocycles. The molecule has 0 nitrogen and oxygen atoms in total. The second kappa shape index (κ2) is 8.88. The van der Waals surface area contributed by atoms with Gasteiger partial charge in [-0.3, -0.25) is 0 Å². The molecule has 0 spiro atoms. The molecule has 4 aromatic carbocycles. The standard InChI is InChI=1S/C30H25P/c1-5-15-25(16-6-1)30(27-19-13-14-20-27,26-17-7-2-8-18-26)31(28-21-9-3-10-22-28)29-23-11-4-12-24-29/h1-19,21-24H,20H2. The van der Waals surface area contributed by atoms with Gasteiger partial charge in [0.05, 0.1) is 5.16 Å². The van der Waals surface area contributed by atoms with Crippen molar-refractivity contribution in [3.8, 4) is 0 Å². The van der Waals surface area contributed by atoms with Gasteiger partial charge in [-0.05, 0) is 41.7 Å². The molecule has 0 radical (unpaired) electrons. The Hall–Kier alpha value is -3.21. The second-order valence-corrected chi connectivity index (χ2v) is 10.1. The summed E-state index contributed by atoms with van der Waals surface area (Å²) in [6.07, 6.45) is 7.84. The summed E-state index contributed by atoms with van der Waals surface area (Å²) < 4.78 is 0. The van der Waals surface area contributed by atoms with Crippen molar-refractivity contribution in [3.05, 3.63) is 156 Å². The van der Waals surface area contributed by atoms with E-state index in [4.69, 9.17) is 0 Å². The van der Waals surface area contributed by atoms with Crippen molar-refractivity contribution < 1.29 is 0 Å². The molecule has 5 rings (SSSR count). The van der Waals surface area contributed by atoms with Gasteiger partial charge in [0.1, 0.15) is 0 Å². The highest BCUT2D eigenvalue weighted by molar-refractivity contribution is 7.74. The molecule has 0 saturated carbocycles. The third kappa shape index (κ3) is 3.58. The maximum absolute atomic E-state index is 2.35. The number of hydrogen-bond donors (Lipinski definition) is 0. The van der Waals surface area contributed by atoms with Gasteiger partial charge in [0.25, 0.3) is 0 Å². The predicted octanol–water partition coefficient (Wildman–Crippen LogP) is 6.95. The summed E-state index contributed by atoms with van der Waals surface area (Å²) >= 11 is 0. The van der Waals surface area contributed by atoms with Crippen LogP contribution in [0.15, 0.2) is 145 Å². The number of rotatable bonds is 6. The Balaban J connectivity index is 1.90. The Morgan fingerprint density at radius 3 is 1.32 bits per heavy atom. The normalized spacial score (nSPS) is 13.4. The first-order chi connectivity index (χ1) is 15.4. The Bertz CT molecular complexity index is 1100. The van der Waals surface area contributed by atoms with Crippen LogP contribution in [0.25, 0.3) is 0 Å². The van der Waals surface area contributed by atoms with E-state index in [1.165, 1.54) is 27.3 Å². The lowest BCUT2D eigenvalue weighted by atomic mass is 9.83. The molecule has 0 amide bonds. The molecule has 1 heteroatoms. The first-order valence-corrected chi connectivity index (χ1v) is 12.1. The molecule has 0 atom stereocenters. The summed E-state index contributed by atoms with van der Waals surface area (Å²) in [5.41, 5.74) is 4.17. The molecule has 0 bridgehead atoms. The first kappa shape index (κ1) is 19.7. The van der Waals surface area contributed by atoms with Crippen LogP contribution in [0.3, 0.4) is 0 Å². The SMILES string of the molecule is C1=CCC(C(c2ccccc2)(c2ccccc2)P(c2ccccc2)c2ccccc2)=C1. The molecule has 4 aromatic rings. The summed E-state index contributed by atoms with van der Waals surface area (Å²) in [5, 5.41) is 2.54. The van der Waals surface area contributed by atoms with Gasteiger partial charge in [-0.15, -0.1) is 0 Å². The molecule has 0 aromatic heterocycles. The average Bonchev–Trinajstić information content (AvgIpc) is 3.40. The van der Waals surface area contributed by atoms with Crippen LogP contribution in [0.1, 0.15) is 17.5 Å². The molecule has 0 fully saturated rings. The lowest BCUT2D eigenvalue weighted by molar-refractivity contribution is 0.837. The van der Waals surface area contributed by atoms with Gasteiger partial charge >= 0.3 is 0 Å². The molecule has 1 aliphatic carbocycles. The summed E-state index contributed by atoms with van der Waals surface area (Å²) in [7, 11) is -0.770. The third-order valence-corrected chi connectivity index (χ3v) is 9.09. The van der Waals surface area contributed by atoms with Crippen molar-refractivity contribution in [2.45, 2.75) is 11.6 Å². The van der Waals surface area contributed by atoms with Crippen LogP contribution in [0, 0.1) is 0 Å². The first-order valence-electron chi connectivity index (χ1n) is 10.8. The van der Waals surface area contributed by atoms with Gasteiger partial charge in [-0.1, -0.05) is 140 Å². The van der Waals surface area contributed by atoms with E-state index >= 15 is 0 Å². The van der Waals surface area contributed by atoms with Crippen LogP contribution in [0.2, 0.25) is 0 Å². The number of hydrogen-bond acceptors (Lipinski definition) is 0. The summed E-state index contributed by atoms with van der Waals surface area (Å²) in [5.74, 6) is 0. The van der Waals surface area contributed by atoms with Gasteiger partial charge in [0.15, 0.2) is 0 Å². The lowest BCUT2D eigenvalue weighted by Crippen LogP contribution is -2.35. The average molecular weight is 417 g/mol. The topological polar surface area (TPSA) is 0 Å². The summed E-state index contributed by atoms with van der Waals surface area (Å²) in [4.78, 5) is 0. The fourth-order valence-corrected chi connectivity index (χ4v) is 7.98. The van der Waals surface area contributed by atoms with Gasteiger partial charge in [0, 0.05) is 0 Å². The van der Waals surface area contributed by atoms with E-state index in [1.54, 1.807) is 0 Å². The molecule has 0 unspecified atom stereocenters. The van der Waals surface area contributed by atoms with Crippen LogP contribution in [0.4, 0.5) is 0 Å². The summed E-state index contributed by atoms with van der Waals surface area (Å²) in [6.45, 7) is 0. The van der Waals surface area contributed by atoms with Crippen molar-refractivity contribution in [2.75, 3.05) is 0 Å². The Kier molecular flexibility index (Phi) is 5.65. The van der Waals surface area contributed by atoms with E-state index < -0.39 is 7.92 Å². The highest BCUT2D eigenvalue weighted by Crippen LogP contribution is 2.63. The van der Waals surface area contributed by atoms with E-state index in [-0.39, 0.29) is 5.16 Å². The minimum Gasteiger partial charge on any atom is -0.0804 e. The molecule has 1 aliphatic rings. The van der Waals surface area contributed by atoms with Crippen molar-refractivity contribution in [2.24, 2.45) is 0 Å². The van der Waals surface area contributed by atoms with Crippen molar-refractivity contribution >= 4 is 18.5 Å². The van der Waals surface area contributed by atoms with Gasteiger partial charge in [0.2, 0.25) is 0 Å². The predicted molar refractivity (Wildman–Crippen MR) is 135 cm³/mol. The largest absolute Gasteiger partial charge is 0.0804 e. The lowest BCUT2D eigenvalue weighted by Gasteiger charge is -2.44. The van der Waals surface area contributed by atoms with Crippen LogP contribution < -0.4 is 10.6 Å². The minimum atomic E-state index is -0.770. The maximum Gasteiger partial charge on any atom is 0.0697 e. The minimum absolute atomic E-state index is 0.246. The molecule has 0 aliphatic heterocycles. The molecular formula is C30H25P. The monoisotopic (exact) mass is 416 g/mol. The van der Waals surface area contributed by atoms with E-state index in [0.29, 0.717) is 0 Å². The second-order valence-electron chi connectivity index (χ2n) is 7.77. The van der Waals surface area contributed by atoms with Gasteiger partial charge < -0.3 is 0 Å². The maximum atomic E-state index is 2.35. The Labute approximate surface area is 186 Å². The molecule has 0 N–H and O–H groups in total. The van der Waals surface area contributed by atoms with Crippen molar-refractivity contribution in [1.29, 1.82) is 0 Å². The Morgan fingerprint density at radius 1 is 0.516 bits per heavy atom. The van der Waals surface area contributed by atoms with Crippen LogP contribution >= 0.6 is 7.92 Å². The van der Waals surface area contributed by atoms with Crippen LogP contribution in [-0.2, 0) is 5.16 Å². The Morgan fingerprint density at radius 2 is 0.935 bits per heavy atom. The fraction of sp³-hybridized carbons (Fsp3) is 0.0667. The molecule has 150 valence electrons. The quantitative estimate of drug-likeness (QED) is 0.298. The van der Waals surface area contributed by atoms with E-state index in [2.05, 4.69) is 140 Å². The van der Waals surface area contributed by atoms with Gasteiger partial charge in [-0.2, -0.15) is 0 Å². The fourth-order valence-electron chi connectivity index (χ4n) is 4.70. The number of allylic oxidation sites excluding steroid dienone is 4. The van der Waals surface area contributed by atoms with Crippen LogP contribution in [0.5, 0.6) is 0 Å². The highest BCUT2D eigenvalue weighted by Gasteiger charge is 2.46. The zero-order valence-electron chi connectivity index (χ0n) is 17.4. The number of benzene rings is 4. The summed E-state index contributed by atoms with van der Waals surface area (Å²) in [6, 6.07) is 44.4. The van der Waals surface area contributed by atoms with Gasteiger partial charge in [-0.25, -0.2) is 0 Å². The van der Waals surface area contributed by atoms with E-state index in [9.17, 15) is 0 Å². The smallest absolute Gasteiger partial charge is 0.0697 e. The molecular weight excluding hydrogens is 391 g/mol. The van der Waals surface area contributed by atoms with E-state index in [1.807, 2.05) is 0 Å². The molecule has 31 heavy (non-hydrogen) atoms. The van der Waals surface area contributed by atoms with Crippen molar-refractivity contribution in [3.63, 3.8) is 0 Å². The van der Waals surface area contributed by atoms with Crippen LogP contribution in [-0.4, -0.2) is 0 Å². The molecule has 0 saturated heterocycles. The third-order valence-electron chi connectivity index (χ3n) is 5.98.